The maximum Gasteiger partial charge on any atom is 0.328 e. The molecule has 2 aliphatic rings. The number of pyridine rings is 1. The van der Waals surface area contributed by atoms with Crippen LogP contribution in [0.1, 0.15) is 74.2 Å². The summed E-state index contributed by atoms with van der Waals surface area (Å²) in [5.41, 5.74) is 7.97. The molecule has 4 amide bonds. The number of nitrogens with one attached hydrogen (secondary N) is 3. The van der Waals surface area contributed by atoms with Crippen molar-refractivity contribution in [3.8, 4) is 33.9 Å². The molecule has 2 saturated heterocycles. The van der Waals surface area contributed by atoms with Crippen molar-refractivity contribution in [3.05, 3.63) is 95.8 Å². The molecule has 6 aromatic rings. The van der Waals surface area contributed by atoms with Crippen LogP contribution in [0.25, 0.3) is 33.4 Å². The summed E-state index contributed by atoms with van der Waals surface area (Å²) in [6.07, 6.45) is 2.99. The van der Waals surface area contributed by atoms with Gasteiger partial charge in [0, 0.05) is 85.6 Å². The molecule has 0 spiro atoms. The smallest absolute Gasteiger partial charge is 0.328 e. The van der Waals surface area contributed by atoms with Crippen molar-refractivity contribution >= 4 is 40.3 Å². The molecule has 8 rings (SSSR count). The Morgan fingerprint density at radius 3 is 2.44 bits per heavy atom. The van der Waals surface area contributed by atoms with Gasteiger partial charge < -0.3 is 24.2 Å². The fourth-order valence-corrected chi connectivity index (χ4v) is 7.88. The number of rotatable bonds is 13. The maximum absolute atomic E-state index is 12.9. The number of aromatic amines is 1. The minimum atomic E-state index is -0.452. The summed E-state index contributed by atoms with van der Waals surface area (Å²) in [5.74, 6) is 0.925. The third-order valence-corrected chi connectivity index (χ3v) is 11.4. The minimum absolute atomic E-state index is 0.0527. The molecule has 0 bridgehead atoms. The highest BCUT2D eigenvalue weighted by Crippen LogP contribution is 2.34. The number of aromatic nitrogens is 5. The molecule has 0 aliphatic carbocycles. The highest BCUT2D eigenvalue weighted by molar-refractivity contribution is 6.06. The first kappa shape index (κ1) is 41.9. The van der Waals surface area contributed by atoms with Gasteiger partial charge in [-0.3, -0.25) is 29.8 Å². The van der Waals surface area contributed by atoms with Crippen molar-refractivity contribution in [2.45, 2.75) is 58.9 Å². The summed E-state index contributed by atoms with van der Waals surface area (Å²) >= 11 is 0. The highest BCUT2D eigenvalue weighted by Gasteiger charge is 2.28. The standard InChI is InChI=1S/C46H52N10O6/c1-28-24-31(10-14-35(28)29(2)48-42(58)43-50-44(53-62-43)46(3,4)5)40-36-25-32(27-47-41(36)52-51-40)30-8-11-33(12-9-30)55-21-19-54(20-22-55)17-7-23-61-34-13-15-37(38(26-34)60-6)56-18-16-39(57)49-45(56)59/h8-15,24-27,29H,7,16-23H2,1-6H3,(H,48,58)(H,47,51,52)(H,49,57,59). The third-order valence-electron chi connectivity index (χ3n) is 11.4. The van der Waals surface area contributed by atoms with Crippen LogP contribution < -0.4 is 29.9 Å². The Hall–Kier alpha value is -6.81. The van der Waals surface area contributed by atoms with Crippen LogP contribution in [-0.4, -0.2) is 101 Å². The van der Waals surface area contributed by atoms with E-state index in [2.05, 4.69) is 77.2 Å². The van der Waals surface area contributed by atoms with E-state index in [4.69, 9.17) is 19.0 Å². The lowest BCUT2D eigenvalue weighted by atomic mass is 9.96. The number of ether oxygens (including phenoxy) is 2. The number of hydrogen-bond donors (Lipinski definition) is 3. The first-order valence-corrected chi connectivity index (χ1v) is 20.9. The van der Waals surface area contributed by atoms with Crippen LogP contribution in [0.3, 0.4) is 0 Å². The van der Waals surface area contributed by atoms with Crippen LogP contribution >= 0.6 is 0 Å². The molecule has 3 aromatic carbocycles. The summed E-state index contributed by atoms with van der Waals surface area (Å²) in [6, 6.07) is 21.6. The summed E-state index contributed by atoms with van der Waals surface area (Å²) in [4.78, 5) is 52.2. The molecular formula is C46H52N10O6. The fraction of sp³-hybridized carbons (Fsp3) is 0.370. The van der Waals surface area contributed by atoms with E-state index in [1.54, 1.807) is 19.2 Å². The van der Waals surface area contributed by atoms with Crippen molar-refractivity contribution in [3.63, 3.8) is 0 Å². The lowest BCUT2D eigenvalue weighted by molar-refractivity contribution is -0.120. The van der Waals surface area contributed by atoms with E-state index in [0.29, 0.717) is 41.8 Å². The molecule has 16 nitrogen and oxygen atoms in total. The monoisotopic (exact) mass is 840 g/mol. The normalized spacial score (nSPS) is 15.5. The van der Waals surface area contributed by atoms with Crippen molar-refractivity contribution in [2.24, 2.45) is 0 Å². The van der Waals surface area contributed by atoms with Crippen LogP contribution in [0.15, 0.2) is 77.4 Å². The third kappa shape index (κ3) is 9.10. The Morgan fingerprint density at radius 2 is 1.73 bits per heavy atom. The van der Waals surface area contributed by atoms with Gasteiger partial charge in [-0.2, -0.15) is 10.1 Å². The average molecular weight is 841 g/mol. The van der Waals surface area contributed by atoms with Crippen LogP contribution in [0.4, 0.5) is 16.2 Å². The number of amides is 4. The molecule has 2 fully saturated rings. The summed E-state index contributed by atoms with van der Waals surface area (Å²) in [7, 11) is 1.55. The Balaban J connectivity index is 0.831. The van der Waals surface area contributed by atoms with Crippen molar-refractivity contribution in [2.75, 3.05) is 62.8 Å². The van der Waals surface area contributed by atoms with Gasteiger partial charge in [-0.15, -0.1) is 0 Å². The fourth-order valence-electron chi connectivity index (χ4n) is 7.88. The van der Waals surface area contributed by atoms with Crippen molar-refractivity contribution in [1.82, 2.24) is 40.9 Å². The molecule has 1 unspecified atom stereocenters. The van der Waals surface area contributed by atoms with Gasteiger partial charge in [-0.05, 0) is 73.4 Å². The largest absolute Gasteiger partial charge is 0.494 e. The Bertz CT molecular complexity index is 2590. The second-order valence-corrected chi connectivity index (χ2v) is 16.8. The topological polar surface area (TPSA) is 184 Å². The first-order valence-electron chi connectivity index (χ1n) is 20.9. The number of piperazine rings is 1. The average Bonchev–Trinajstić information content (AvgIpc) is 3.94. The number of urea groups is 1. The number of benzene rings is 3. The zero-order chi connectivity index (χ0) is 43.5. The highest BCUT2D eigenvalue weighted by atomic mass is 16.5. The van der Waals surface area contributed by atoms with Gasteiger partial charge in [0.05, 0.1) is 25.4 Å². The molecule has 1 atom stereocenters. The Kier molecular flexibility index (Phi) is 11.9. The molecule has 62 heavy (non-hydrogen) atoms. The summed E-state index contributed by atoms with van der Waals surface area (Å²) < 4.78 is 16.8. The quantitative estimate of drug-likeness (QED) is 0.103. The maximum atomic E-state index is 12.9. The lowest BCUT2D eigenvalue weighted by Gasteiger charge is -2.36. The number of imide groups is 1. The van der Waals surface area contributed by atoms with E-state index < -0.39 is 11.9 Å². The van der Waals surface area contributed by atoms with Crippen molar-refractivity contribution in [1.29, 1.82) is 0 Å². The van der Waals surface area contributed by atoms with Crippen LogP contribution in [0.2, 0.25) is 0 Å². The van der Waals surface area contributed by atoms with E-state index in [9.17, 15) is 14.4 Å². The van der Waals surface area contributed by atoms with E-state index in [1.165, 1.54) is 10.6 Å². The van der Waals surface area contributed by atoms with E-state index in [1.807, 2.05) is 59.0 Å². The SMILES string of the molecule is COc1cc(OCCCN2CCN(c3ccc(-c4cnc5[nH]nc(-c6ccc(C(C)NC(=O)c7nc(C(C)(C)C)no7)c(C)c6)c5c4)cc3)CC2)ccc1N1CCC(=O)NC1=O. The number of H-pyrrole nitrogens is 1. The molecule has 16 heteroatoms. The predicted molar refractivity (Wildman–Crippen MR) is 236 cm³/mol. The van der Waals surface area contributed by atoms with Gasteiger partial charge in [-0.1, -0.05) is 50.2 Å². The number of fused-ring (bicyclic) bond motifs is 1. The molecular weight excluding hydrogens is 789 g/mol. The van der Waals surface area contributed by atoms with Gasteiger partial charge in [0.1, 0.15) is 17.2 Å². The van der Waals surface area contributed by atoms with Crippen LogP contribution in [0.5, 0.6) is 11.5 Å². The van der Waals surface area contributed by atoms with E-state index in [-0.39, 0.29) is 29.7 Å². The number of carbonyl (C=O) groups excluding carboxylic acids is 3. The number of anilines is 2. The van der Waals surface area contributed by atoms with Crippen LogP contribution in [0, 0.1) is 6.92 Å². The number of nitrogens with zero attached hydrogens (tertiary/aromatic N) is 7. The number of carbonyl (C=O) groups is 3. The zero-order valence-corrected chi connectivity index (χ0v) is 35.9. The lowest BCUT2D eigenvalue weighted by Crippen LogP contribution is -2.49. The number of hydrogen-bond acceptors (Lipinski definition) is 12. The molecule has 3 aromatic heterocycles. The molecule has 3 N–H and O–H groups in total. The van der Waals surface area contributed by atoms with Gasteiger partial charge in [0.25, 0.3) is 0 Å². The number of methoxy groups -OCH3 is 1. The zero-order valence-electron chi connectivity index (χ0n) is 35.9. The second-order valence-electron chi connectivity index (χ2n) is 16.8. The molecule has 0 radical (unpaired) electrons. The first-order chi connectivity index (χ1) is 29.8. The van der Waals surface area contributed by atoms with Gasteiger partial charge >= 0.3 is 17.8 Å². The summed E-state index contributed by atoms with van der Waals surface area (Å²) in [5, 5.41) is 18.0. The van der Waals surface area contributed by atoms with Crippen molar-refractivity contribution < 1.29 is 28.4 Å². The summed E-state index contributed by atoms with van der Waals surface area (Å²) in [6.45, 7) is 15.4. The number of aryl methyl sites for hydroxylation is 1. The Labute approximate surface area is 360 Å². The van der Waals surface area contributed by atoms with Gasteiger partial charge in [0.2, 0.25) is 5.91 Å². The van der Waals surface area contributed by atoms with Gasteiger partial charge in [-0.25, -0.2) is 9.78 Å². The van der Waals surface area contributed by atoms with E-state index in [0.717, 1.165) is 78.0 Å². The molecule has 2 aliphatic heterocycles. The Morgan fingerprint density at radius 1 is 0.952 bits per heavy atom. The molecule has 0 saturated carbocycles. The van der Waals surface area contributed by atoms with Gasteiger partial charge in [0.15, 0.2) is 11.5 Å². The second kappa shape index (κ2) is 17.7. The predicted octanol–water partition coefficient (Wildman–Crippen LogP) is 6.82. The minimum Gasteiger partial charge on any atom is -0.494 e. The molecule has 5 heterocycles. The van der Waals surface area contributed by atoms with E-state index >= 15 is 0 Å². The molecule has 322 valence electrons. The van der Waals surface area contributed by atoms with Crippen LogP contribution in [-0.2, 0) is 10.2 Å².